The van der Waals surface area contributed by atoms with Crippen LogP contribution < -0.4 is 20.5 Å². The van der Waals surface area contributed by atoms with Crippen molar-refractivity contribution in [2.24, 2.45) is 5.73 Å². The van der Waals surface area contributed by atoms with Gasteiger partial charge in [-0.1, -0.05) is 37.3 Å². The fourth-order valence-corrected chi connectivity index (χ4v) is 6.35. The molecule has 1 unspecified atom stereocenters. The molecule has 0 saturated heterocycles. The van der Waals surface area contributed by atoms with E-state index in [9.17, 15) is 19.1 Å². The predicted molar refractivity (Wildman–Crippen MR) is 183 cm³/mol. The number of pyridine rings is 1. The molecule has 0 aliphatic heterocycles. The third-order valence-electron chi connectivity index (χ3n) is 8.40. The number of aliphatic hydroxyl groups is 1. The second-order valence-electron chi connectivity index (χ2n) is 11.9. The highest BCUT2D eigenvalue weighted by Gasteiger charge is 2.43. The summed E-state index contributed by atoms with van der Waals surface area (Å²) in [5, 5.41) is 20.6. The first kappa shape index (κ1) is 37.1. The number of hydrogen-bond acceptors (Lipinski definition) is 10. The molecule has 0 radical (unpaired) electrons. The number of anilines is 1. The zero-order valence-corrected chi connectivity index (χ0v) is 29.4. The summed E-state index contributed by atoms with van der Waals surface area (Å²) in [6, 6.07) is 13.9. The fourth-order valence-electron chi connectivity index (χ4n) is 5.38. The second-order valence-corrected chi connectivity index (χ2v) is 12.8. The number of quaternary nitrogens is 1. The number of carbonyl (C=O) groups excluding carboxylic acids is 2. The maximum absolute atomic E-state index is 15.3. The summed E-state index contributed by atoms with van der Waals surface area (Å²) in [6.07, 6.45) is 2.73. The molecule has 0 saturated carbocycles. The summed E-state index contributed by atoms with van der Waals surface area (Å²) in [7, 11) is 3.22. The van der Waals surface area contributed by atoms with Gasteiger partial charge in [-0.25, -0.2) is 28.3 Å². The first-order chi connectivity index (χ1) is 24.4. The van der Waals surface area contributed by atoms with Crippen molar-refractivity contribution in [1.29, 1.82) is 0 Å². The summed E-state index contributed by atoms with van der Waals surface area (Å²) in [5.74, 6) is -2.49. The second kappa shape index (κ2) is 16.2. The SMILES string of the molecule is C[NH2+]CC(=O)OCc1cccnc1N(C)C(=O)OC(C)[n+]1cnn(C[C@](O)(c2cc(F)ccc2F)[C@@H](C)c2nc(-c3ccc(CN)cc3)cs2)c1. The average Bonchev–Trinajstić information content (AvgIpc) is 3.82. The Morgan fingerprint density at radius 2 is 1.94 bits per heavy atom. The van der Waals surface area contributed by atoms with Crippen molar-refractivity contribution in [3.63, 3.8) is 0 Å². The van der Waals surface area contributed by atoms with Crippen molar-refractivity contribution in [2.45, 2.75) is 51.3 Å². The van der Waals surface area contributed by atoms with Crippen LogP contribution >= 0.6 is 11.3 Å². The van der Waals surface area contributed by atoms with Crippen molar-refractivity contribution in [2.75, 3.05) is 25.5 Å². The first-order valence-electron chi connectivity index (χ1n) is 16.1. The molecule has 3 heterocycles. The monoisotopic (exact) mass is 722 g/mol. The molecule has 0 spiro atoms. The molecule has 5 aromatic rings. The molecule has 5 N–H and O–H groups in total. The lowest BCUT2D eigenvalue weighted by molar-refractivity contribution is -0.753. The molecule has 0 aliphatic rings. The quantitative estimate of drug-likeness (QED) is 0.115. The van der Waals surface area contributed by atoms with Crippen molar-refractivity contribution in [3.8, 4) is 11.3 Å². The van der Waals surface area contributed by atoms with Crippen LogP contribution in [-0.4, -0.2) is 57.6 Å². The number of rotatable bonds is 14. The van der Waals surface area contributed by atoms with E-state index in [2.05, 4.69) is 10.1 Å². The van der Waals surface area contributed by atoms with Crippen LogP contribution in [0.2, 0.25) is 0 Å². The van der Waals surface area contributed by atoms with Crippen LogP contribution in [0.25, 0.3) is 11.3 Å². The predicted octanol–water partition coefficient (Wildman–Crippen LogP) is 3.15. The van der Waals surface area contributed by atoms with Crippen LogP contribution in [0.5, 0.6) is 0 Å². The summed E-state index contributed by atoms with van der Waals surface area (Å²) < 4.78 is 43.6. The molecule has 16 heteroatoms. The lowest BCUT2D eigenvalue weighted by Crippen LogP contribution is -2.81. The van der Waals surface area contributed by atoms with Crippen LogP contribution in [0.15, 0.2) is 78.8 Å². The highest BCUT2D eigenvalue weighted by atomic mass is 32.1. The molecule has 51 heavy (non-hydrogen) atoms. The molecule has 3 aromatic heterocycles. The first-order valence-corrected chi connectivity index (χ1v) is 17.0. The van der Waals surface area contributed by atoms with E-state index in [1.165, 1.54) is 51.4 Å². The smallest absolute Gasteiger partial charge is 0.418 e. The Morgan fingerprint density at radius 1 is 1.18 bits per heavy atom. The number of benzene rings is 2. The number of carbonyl (C=O) groups is 2. The minimum Gasteiger partial charge on any atom is -0.457 e. The number of esters is 1. The van der Waals surface area contributed by atoms with Gasteiger partial charge < -0.3 is 25.6 Å². The number of amides is 1. The Balaban J connectivity index is 1.35. The number of likely N-dealkylation sites (N-methyl/N-ethyl adjacent to an activating group) is 1. The zero-order valence-electron chi connectivity index (χ0n) is 28.6. The van der Waals surface area contributed by atoms with Gasteiger partial charge in [0, 0.05) is 59.8 Å². The van der Waals surface area contributed by atoms with Crippen LogP contribution in [0.3, 0.4) is 0 Å². The zero-order chi connectivity index (χ0) is 36.7. The van der Waals surface area contributed by atoms with Gasteiger partial charge in [0.1, 0.15) is 36.2 Å². The number of nitrogens with two attached hydrogens (primary N) is 2. The summed E-state index contributed by atoms with van der Waals surface area (Å²) >= 11 is 1.29. The minimum atomic E-state index is -2.01. The van der Waals surface area contributed by atoms with Crippen LogP contribution in [0.1, 0.15) is 47.7 Å². The van der Waals surface area contributed by atoms with E-state index < -0.39 is 41.4 Å². The normalized spacial score (nSPS) is 13.6. The van der Waals surface area contributed by atoms with E-state index in [1.807, 2.05) is 29.6 Å². The van der Waals surface area contributed by atoms with E-state index in [-0.39, 0.29) is 31.1 Å². The highest BCUT2D eigenvalue weighted by molar-refractivity contribution is 7.10. The van der Waals surface area contributed by atoms with Gasteiger partial charge >= 0.3 is 12.1 Å². The van der Waals surface area contributed by atoms with E-state index in [0.717, 1.165) is 29.3 Å². The van der Waals surface area contributed by atoms with E-state index in [0.29, 0.717) is 22.8 Å². The lowest BCUT2D eigenvalue weighted by Gasteiger charge is -2.32. The molecule has 0 bridgehead atoms. The van der Waals surface area contributed by atoms with E-state index >= 15 is 4.39 Å². The Labute approximate surface area is 297 Å². The average molecular weight is 723 g/mol. The molecule has 0 aliphatic carbocycles. The largest absolute Gasteiger partial charge is 0.457 e. The van der Waals surface area contributed by atoms with Gasteiger partial charge in [-0.05, 0) is 29.8 Å². The van der Waals surface area contributed by atoms with Crippen molar-refractivity contribution < 1.29 is 42.8 Å². The van der Waals surface area contributed by atoms with Crippen molar-refractivity contribution in [1.82, 2.24) is 19.7 Å². The Bertz CT molecular complexity index is 1970. The van der Waals surface area contributed by atoms with Crippen LogP contribution in [0.4, 0.5) is 19.4 Å². The molecule has 2 aromatic carbocycles. The summed E-state index contributed by atoms with van der Waals surface area (Å²) in [4.78, 5) is 35.3. The van der Waals surface area contributed by atoms with Crippen LogP contribution in [-0.2, 0) is 39.6 Å². The fraction of sp³-hybridized carbons (Fsp3) is 0.314. The standard InChI is InChI=1S/C35H39F2N8O5S/c1-22(33-42-30(18-51-33)25-9-7-24(15-38)8-10-25)35(48,28-14-27(36)11-12-29(28)37)19-45-21-44(20-41-45)23(2)50-34(47)43(4)32-26(6-5-13-40-32)17-49-31(46)16-39-3/h5-14,18,20-23,39,48H,15-17,19,38H2,1-4H3/q+1/p+1/t22-,23?,35+/m0/s1. The van der Waals surface area contributed by atoms with Gasteiger partial charge in [0.05, 0.1) is 17.7 Å². The van der Waals surface area contributed by atoms with Crippen molar-refractivity contribution >= 4 is 29.2 Å². The van der Waals surface area contributed by atoms with Gasteiger partial charge in [-0.3, -0.25) is 4.90 Å². The van der Waals surface area contributed by atoms with Gasteiger partial charge in [-0.2, -0.15) is 4.57 Å². The molecule has 3 atom stereocenters. The third kappa shape index (κ3) is 8.60. The molecule has 0 fully saturated rings. The summed E-state index contributed by atoms with van der Waals surface area (Å²) in [5.41, 5.74) is 6.44. The van der Waals surface area contributed by atoms with Gasteiger partial charge in [-0.15, -0.1) is 16.0 Å². The molecule has 268 valence electrons. The molecule has 1 amide bonds. The minimum absolute atomic E-state index is 0.0814. The number of thiazole rings is 1. The Hall–Kier alpha value is -5.16. The number of aromatic nitrogens is 5. The molecule has 13 nitrogen and oxygen atoms in total. The number of halogens is 2. The third-order valence-corrected chi connectivity index (χ3v) is 9.43. The Morgan fingerprint density at radius 3 is 2.67 bits per heavy atom. The summed E-state index contributed by atoms with van der Waals surface area (Å²) in [6.45, 7) is 3.48. The number of ether oxygens (including phenoxy) is 2. The van der Waals surface area contributed by atoms with Crippen molar-refractivity contribution in [3.05, 3.63) is 112 Å². The number of hydrogen-bond donors (Lipinski definition) is 3. The lowest BCUT2D eigenvalue weighted by atomic mass is 9.82. The maximum atomic E-state index is 15.3. The highest BCUT2D eigenvalue weighted by Crippen LogP contribution is 2.41. The molecular weight excluding hydrogens is 682 g/mol. The van der Waals surface area contributed by atoms with Crippen LogP contribution in [0, 0.1) is 11.6 Å². The molecular formula is C35H40F2N8O5S+2. The topological polar surface area (TPSA) is 166 Å². The van der Waals surface area contributed by atoms with Gasteiger partial charge in [0.25, 0.3) is 6.33 Å². The molecule has 5 rings (SSSR count). The van der Waals surface area contributed by atoms with E-state index in [4.69, 9.17) is 20.2 Å². The van der Waals surface area contributed by atoms with E-state index in [1.54, 1.807) is 38.3 Å². The van der Waals surface area contributed by atoms with Gasteiger partial charge in [0.15, 0.2) is 6.54 Å². The maximum Gasteiger partial charge on any atom is 0.418 e. The number of nitrogens with zero attached hydrogens (tertiary/aromatic N) is 6. The Kier molecular flexibility index (Phi) is 11.8. The van der Waals surface area contributed by atoms with Gasteiger partial charge in [0.2, 0.25) is 12.6 Å².